The second-order valence-corrected chi connectivity index (χ2v) is 5.20. The number of Topliss-reactive ketones (excluding diaryl/α,β-unsaturated/α-hetero) is 1. The Morgan fingerprint density at radius 3 is 2.42 bits per heavy atom. The van der Waals surface area contributed by atoms with Gasteiger partial charge in [-0.25, -0.2) is 0 Å². The highest BCUT2D eigenvalue weighted by molar-refractivity contribution is 6.36. The zero-order valence-electron chi connectivity index (χ0n) is 10.6. The lowest BCUT2D eigenvalue weighted by atomic mass is 9.88. The van der Waals surface area contributed by atoms with Crippen LogP contribution >= 0.6 is 23.2 Å². The number of carbonyl (C=O) groups is 1. The van der Waals surface area contributed by atoms with Crippen molar-refractivity contribution in [2.24, 2.45) is 0 Å². The molecule has 0 aliphatic rings. The number of hydrogen-bond acceptors (Lipinski definition) is 1. The van der Waals surface area contributed by atoms with E-state index in [0.29, 0.717) is 15.6 Å². The molecule has 2 aromatic carbocycles. The predicted octanol–water partition coefficient (Wildman–Crippen LogP) is 5.37. The first kappa shape index (κ1) is 14.1. The zero-order chi connectivity index (χ0) is 13.8. The molecular formula is C16H14Cl2O. The van der Waals surface area contributed by atoms with Gasteiger partial charge in [0.2, 0.25) is 0 Å². The molecule has 1 atom stereocenters. The Bertz CT molecular complexity index is 579. The first-order valence-corrected chi connectivity index (χ1v) is 6.93. The maximum Gasteiger partial charge on any atom is 0.171 e. The predicted molar refractivity (Wildman–Crippen MR) is 80.3 cm³/mol. The fraction of sp³-hybridized carbons (Fsp3) is 0.188. The lowest BCUT2D eigenvalue weighted by Gasteiger charge is -2.15. The molecular weight excluding hydrogens is 279 g/mol. The third kappa shape index (κ3) is 3.17. The minimum Gasteiger partial charge on any atom is -0.293 e. The number of halogens is 2. The van der Waals surface area contributed by atoms with Crippen LogP contribution in [0, 0.1) is 0 Å². The van der Waals surface area contributed by atoms with Gasteiger partial charge in [-0.3, -0.25) is 4.79 Å². The smallest absolute Gasteiger partial charge is 0.171 e. The van der Waals surface area contributed by atoms with E-state index in [1.165, 1.54) is 0 Å². The lowest BCUT2D eigenvalue weighted by Crippen LogP contribution is -2.12. The Hall–Kier alpha value is -1.31. The molecule has 0 spiro atoms. The van der Waals surface area contributed by atoms with Gasteiger partial charge in [0.05, 0.1) is 5.02 Å². The zero-order valence-corrected chi connectivity index (χ0v) is 12.1. The summed E-state index contributed by atoms with van der Waals surface area (Å²) >= 11 is 12.0. The minimum atomic E-state index is -0.183. The minimum absolute atomic E-state index is 0.0150. The van der Waals surface area contributed by atoms with Crippen LogP contribution in [0.25, 0.3) is 0 Å². The number of benzene rings is 2. The van der Waals surface area contributed by atoms with Crippen molar-refractivity contribution in [3.8, 4) is 0 Å². The summed E-state index contributed by atoms with van der Waals surface area (Å²) in [5, 5.41) is 0.972. The van der Waals surface area contributed by atoms with Gasteiger partial charge in [-0.2, -0.15) is 0 Å². The molecule has 0 radical (unpaired) electrons. The van der Waals surface area contributed by atoms with Crippen LogP contribution in [0.1, 0.15) is 35.2 Å². The summed E-state index contributed by atoms with van der Waals surface area (Å²) in [5.74, 6) is -0.168. The molecule has 19 heavy (non-hydrogen) atoms. The highest BCUT2D eigenvalue weighted by atomic mass is 35.5. The van der Waals surface area contributed by atoms with E-state index in [9.17, 15) is 4.79 Å². The lowest BCUT2D eigenvalue weighted by molar-refractivity contribution is 0.0957. The molecule has 0 aromatic heterocycles. The maximum absolute atomic E-state index is 12.6. The first-order chi connectivity index (χ1) is 9.13. The summed E-state index contributed by atoms with van der Waals surface area (Å²) in [6.45, 7) is 1.99. The van der Waals surface area contributed by atoms with Crippen molar-refractivity contribution < 1.29 is 4.79 Å². The van der Waals surface area contributed by atoms with E-state index in [-0.39, 0.29) is 11.7 Å². The third-order valence-corrected chi connectivity index (χ3v) is 3.69. The van der Waals surface area contributed by atoms with Gasteiger partial charge in [0.25, 0.3) is 0 Å². The molecule has 0 heterocycles. The van der Waals surface area contributed by atoms with Crippen molar-refractivity contribution in [1.29, 1.82) is 0 Å². The number of rotatable bonds is 4. The van der Waals surface area contributed by atoms with Crippen LogP contribution in [0.3, 0.4) is 0 Å². The quantitative estimate of drug-likeness (QED) is 0.692. The molecule has 0 aliphatic carbocycles. The molecule has 0 bridgehead atoms. The average molecular weight is 293 g/mol. The highest BCUT2D eigenvalue weighted by Gasteiger charge is 2.22. The molecule has 2 rings (SSSR count). The molecule has 0 saturated carbocycles. The van der Waals surface area contributed by atoms with Gasteiger partial charge >= 0.3 is 0 Å². The Morgan fingerprint density at radius 1 is 1.11 bits per heavy atom. The Morgan fingerprint density at radius 2 is 1.79 bits per heavy atom. The summed E-state index contributed by atoms with van der Waals surface area (Å²) in [4.78, 5) is 12.6. The highest BCUT2D eigenvalue weighted by Crippen LogP contribution is 2.29. The second kappa shape index (κ2) is 6.23. The van der Waals surface area contributed by atoms with Crippen molar-refractivity contribution in [2.75, 3.05) is 0 Å². The van der Waals surface area contributed by atoms with Crippen molar-refractivity contribution in [2.45, 2.75) is 19.3 Å². The standard InChI is InChI=1S/C16H14Cl2O/c1-2-13(11-6-4-3-5-7-11)16(19)14-10-12(17)8-9-15(14)18/h3-10,13H,2H2,1H3. The molecule has 0 N–H and O–H groups in total. The van der Waals surface area contributed by atoms with Crippen LogP contribution in [-0.4, -0.2) is 5.78 Å². The Labute approximate surface area is 123 Å². The molecule has 1 unspecified atom stereocenters. The maximum atomic E-state index is 12.6. The Balaban J connectivity index is 2.39. The summed E-state index contributed by atoms with van der Waals surface area (Å²) in [5.41, 5.74) is 1.50. The summed E-state index contributed by atoms with van der Waals surface area (Å²) in [6.07, 6.45) is 0.728. The molecule has 0 amide bonds. The molecule has 1 nitrogen and oxygen atoms in total. The first-order valence-electron chi connectivity index (χ1n) is 6.17. The fourth-order valence-corrected chi connectivity index (χ4v) is 2.51. The van der Waals surface area contributed by atoms with Gasteiger partial charge in [0, 0.05) is 16.5 Å². The van der Waals surface area contributed by atoms with Gasteiger partial charge in [-0.1, -0.05) is 60.5 Å². The van der Waals surface area contributed by atoms with Crippen LogP contribution in [0.15, 0.2) is 48.5 Å². The van der Waals surface area contributed by atoms with E-state index in [4.69, 9.17) is 23.2 Å². The van der Waals surface area contributed by atoms with E-state index in [2.05, 4.69) is 0 Å². The number of carbonyl (C=O) groups excluding carboxylic acids is 1. The molecule has 0 fully saturated rings. The molecule has 0 saturated heterocycles. The topological polar surface area (TPSA) is 17.1 Å². The number of ketones is 1. The molecule has 98 valence electrons. The van der Waals surface area contributed by atoms with E-state index < -0.39 is 0 Å². The average Bonchev–Trinajstić information content (AvgIpc) is 2.43. The monoisotopic (exact) mass is 292 g/mol. The fourth-order valence-electron chi connectivity index (χ4n) is 2.13. The molecule has 2 aromatic rings. The normalized spacial score (nSPS) is 12.2. The summed E-state index contributed by atoms with van der Waals surface area (Å²) in [6, 6.07) is 14.7. The SMILES string of the molecule is CCC(C(=O)c1cc(Cl)ccc1Cl)c1ccccc1. The van der Waals surface area contributed by atoms with Crippen LogP contribution in [0.4, 0.5) is 0 Å². The van der Waals surface area contributed by atoms with Crippen LogP contribution < -0.4 is 0 Å². The van der Waals surface area contributed by atoms with Crippen molar-refractivity contribution in [1.82, 2.24) is 0 Å². The van der Waals surface area contributed by atoms with Crippen molar-refractivity contribution in [3.05, 3.63) is 69.7 Å². The van der Waals surface area contributed by atoms with Gasteiger partial charge < -0.3 is 0 Å². The summed E-state index contributed by atoms with van der Waals surface area (Å²) in [7, 11) is 0. The Kier molecular flexibility index (Phi) is 4.62. The molecule has 3 heteroatoms. The van der Waals surface area contributed by atoms with Crippen LogP contribution in [0.5, 0.6) is 0 Å². The van der Waals surface area contributed by atoms with E-state index in [1.807, 2.05) is 37.3 Å². The molecule has 0 aliphatic heterocycles. The van der Waals surface area contributed by atoms with Crippen molar-refractivity contribution in [3.63, 3.8) is 0 Å². The number of hydrogen-bond donors (Lipinski definition) is 0. The van der Waals surface area contributed by atoms with Gasteiger partial charge in [-0.15, -0.1) is 0 Å². The van der Waals surface area contributed by atoms with Crippen LogP contribution in [-0.2, 0) is 0 Å². The van der Waals surface area contributed by atoms with Gasteiger partial charge in [0.15, 0.2) is 5.78 Å². The summed E-state index contributed by atoms with van der Waals surface area (Å²) < 4.78 is 0. The van der Waals surface area contributed by atoms with E-state index >= 15 is 0 Å². The third-order valence-electron chi connectivity index (χ3n) is 3.12. The van der Waals surface area contributed by atoms with E-state index in [1.54, 1.807) is 18.2 Å². The largest absolute Gasteiger partial charge is 0.293 e. The second-order valence-electron chi connectivity index (χ2n) is 4.36. The van der Waals surface area contributed by atoms with Gasteiger partial charge in [-0.05, 0) is 30.2 Å². The van der Waals surface area contributed by atoms with Crippen molar-refractivity contribution >= 4 is 29.0 Å². The van der Waals surface area contributed by atoms with Gasteiger partial charge in [0.1, 0.15) is 0 Å². The van der Waals surface area contributed by atoms with Crippen LogP contribution in [0.2, 0.25) is 10.0 Å². The van der Waals surface area contributed by atoms with E-state index in [0.717, 1.165) is 12.0 Å².